The van der Waals surface area contributed by atoms with Crippen molar-refractivity contribution >= 4 is 19.8 Å². The summed E-state index contributed by atoms with van der Waals surface area (Å²) in [5, 5.41) is 30.3. The van der Waals surface area contributed by atoms with E-state index in [-0.39, 0.29) is 25.7 Å². The molecule has 0 aliphatic carbocycles. The molecule has 0 aromatic carbocycles. The zero-order valence-electron chi connectivity index (χ0n) is 34.3. The molecule has 0 saturated carbocycles. The third-order valence-corrected chi connectivity index (χ3v) is 8.63. The zero-order chi connectivity index (χ0) is 42.2. The van der Waals surface area contributed by atoms with E-state index in [0.29, 0.717) is 6.42 Å². The summed E-state index contributed by atoms with van der Waals surface area (Å²) in [6, 6.07) is 0. The van der Waals surface area contributed by atoms with Gasteiger partial charge in [-0.05, 0) is 70.6 Å². The van der Waals surface area contributed by atoms with Gasteiger partial charge < -0.3 is 34.6 Å². The van der Waals surface area contributed by atoms with Gasteiger partial charge in [0.2, 0.25) is 0 Å². The molecule has 0 fully saturated rings. The lowest BCUT2D eigenvalue weighted by atomic mass is 10.1. The van der Waals surface area contributed by atoms with Crippen molar-refractivity contribution in [2.24, 2.45) is 0 Å². The highest BCUT2D eigenvalue weighted by Gasteiger charge is 2.23. The third kappa shape index (κ3) is 39.2. The van der Waals surface area contributed by atoms with Gasteiger partial charge in [0, 0.05) is 12.8 Å². The van der Waals surface area contributed by atoms with Crippen molar-refractivity contribution in [1.29, 1.82) is 0 Å². The highest BCUT2D eigenvalue weighted by Crippen LogP contribution is 2.36. The van der Waals surface area contributed by atoms with E-state index in [0.717, 1.165) is 77.0 Å². The number of allylic oxidation sites excluding steroid dienone is 16. The van der Waals surface area contributed by atoms with Crippen LogP contribution in [0.2, 0.25) is 0 Å². The Morgan fingerprint density at radius 3 is 1.75 bits per heavy atom. The zero-order valence-corrected chi connectivity index (χ0v) is 35.2. The van der Waals surface area contributed by atoms with E-state index in [4.69, 9.17) is 19.3 Å². The van der Waals surface area contributed by atoms with Crippen LogP contribution in [0, 0.1) is 0 Å². The van der Waals surface area contributed by atoms with Crippen LogP contribution in [0.4, 0.5) is 0 Å². The van der Waals surface area contributed by atoms with Gasteiger partial charge in [0.1, 0.15) is 6.61 Å². The summed E-state index contributed by atoms with van der Waals surface area (Å²) in [7, 11) is -4.86. The third-order valence-electron chi connectivity index (χ3n) is 8.14. The second kappa shape index (κ2) is 38.1. The van der Waals surface area contributed by atoms with Crippen LogP contribution in [-0.2, 0) is 28.2 Å². The molecule has 0 bridgehead atoms. The van der Waals surface area contributed by atoms with Crippen molar-refractivity contribution in [2.75, 3.05) is 13.2 Å². The molecule has 12 heteroatoms. The minimum absolute atomic E-state index is 0.0920. The molecule has 0 rings (SSSR count). The predicted molar refractivity (Wildman–Crippen MR) is 229 cm³/mol. The van der Waals surface area contributed by atoms with E-state index in [2.05, 4.69) is 79.1 Å². The molecule has 0 aromatic heterocycles. The van der Waals surface area contributed by atoms with Crippen molar-refractivity contribution in [3.8, 4) is 0 Å². The summed E-state index contributed by atoms with van der Waals surface area (Å²) in [5.74, 6) is -1.27. The van der Waals surface area contributed by atoms with Crippen LogP contribution < -0.4 is 0 Å². The van der Waals surface area contributed by atoms with Gasteiger partial charge in [-0.2, -0.15) is 0 Å². The number of phosphoric acid groups is 1. The molecule has 0 amide bonds. The fourth-order valence-corrected chi connectivity index (χ4v) is 5.32. The largest absolute Gasteiger partial charge is 0.469 e. The highest BCUT2D eigenvalue weighted by molar-refractivity contribution is 7.46. The number of ether oxygens (including phenoxy) is 2. The fourth-order valence-electron chi connectivity index (χ4n) is 4.96. The topological polar surface area (TPSA) is 180 Å². The number of phosphoric ester groups is 1. The minimum atomic E-state index is -4.86. The Balaban J connectivity index is 4.35. The number of aliphatic hydroxyl groups excluding tert-OH is 3. The maximum atomic E-state index is 12.4. The van der Waals surface area contributed by atoms with Crippen molar-refractivity contribution in [1.82, 2.24) is 0 Å². The average Bonchev–Trinajstić information content (AvgIpc) is 3.17. The normalized spacial score (nSPS) is 15.3. The molecule has 0 saturated heterocycles. The Kier molecular flexibility index (Phi) is 35.8. The summed E-state index contributed by atoms with van der Waals surface area (Å²) in [6.45, 7) is 3.12. The number of hydrogen-bond acceptors (Lipinski definition) is 9. The van der Waals surface area contributed by atoms with Gasteiger partial charge in [0.05, 0.1) is 24.9 Å². The Hall–Kier alpha value is -3.41. The number of rotatable bonds is 35. The molecule has 4 atom stereocenters. The van der Waals surface area contributed by atoms with E-state index in [1.165, 1.54) is 6.08 Å². The second-order valence-corrected chi connectivity index (χ2v) is 14.7. The van der Waals surface area contributed by atoms with Crippen molar-refractivity contribution in [2.45, 2.75) is 147 Å². The number of esters is 2. The molecule has 57 heavy (non-hydrogen) atoms. The van der Waals surface area contributed by atoms with Crippen LogP contribution >= 0.6 is 7.82 Å². The monoisotopic (exact) mass is 818 g/mol. The summed E-state index contributed by atoms with van der Waals surface area (Å²) in [4.78, 5) is 42.9. The van der Waals surface area contributed by atoms with E-state index >= 15 is 0 Å². The molecular formula is C45H71O11P. The van der Waals surface area contributed by atoms with Gasteiger partial charge in [-0.3, -0.25) is 14.1 Å². The molecule has 0 heterocycles. The first-order chi connectivity index (χ1) is 27.5. The lowest BCUT2D eigenvalue weighted by Crippen LogP contribution is -2.29. The maximum absolute atomic E-state index is 12.4. The summed E-state index contributed by atoms with van der Waals surface area (Å²) < 4.78 is 26.1. The Morgan fingerprint density at radius 1 is 0.596 bits per heavy atom. The van der Waals surface area contributed by atoms with Gasteiger partial charge in [0.15, 0.2) is 6.10 Å². The van der Waals surface area contributed by atoms with Crippen LogP contribution in [0.25, 0.3) is 0 Å². The van der Waals surface area contributed by atoms with Crippen molar-refractivity contribution in [3.63, 3.8) is 0 Å². The van der Waals surface area contributed by atoms with Crippen LogP contribution in [0.3, 0.4) is 0 Å². The molecule has 0 unspecified atom stereocenters. The summed E-state index contributed by atoms with van der Waals surface area (Å²) >= 11 is 0. The molecule has 0 aromatic rings. The summed E-state index contributed by atoms with van der Waals surface area (Å²) in [6.07, 6.45) is 43.2. The standard InChI is InChI=1S/C45H71O11P/c1-3-5-7-8-9-10-11-12-13-14-15-16-17-18-19-20-21-26-30-36-45(50)56-41(39-55-57(51,52)53)38-54-44(49)37-31-35-43(48)42(47)34-29-25-23-22-24-28-33-40(46)32-27-6-4-2/h5,7,9-10,12-13,15-16,18-19,22-25,28-29,33-34,40-43,46-48H,3-4,6,8,11,14,17,20-21,26-27,30-32,35-39H2,1-2H3,(H2,51,52,53)/b7-5-,10-9-,13-12-,16-15-,19-18-,24-22-,25-23+,33-28+,34-29+/t40-,41-,42-,43-/m1/s1. The molecule has 5 N–H and O–H groups in total. The number of aliphatic hydroxyl groups is 3. The van der Waals surface area contributed by atoms with Crippen LogP contribution in [0.1, 0.15) is 123 Å². The first kappa shape index (κ1) is 53.6. The Labute approximate surface area is 342 Å². The second-order valence-electron chi connectivity index (χ2n) is 13.4. The SMILES string of the molecule is CC/C=C\C/C=C\C/C=C\C/C=C\C/C=C\CCCCCC(=O)O[C@H](COC(=O)CCC[C@@H](O)[C@H](O)/C=C/C=C/C=C\C=C\[C@H](O)CCCCC)COP(=O)(O)O. The van der Waals surface area contributed by atoms with E-state index in [1.807, 2.05) is 0 Å². The predicted octanol–water partition coefficient (Wildman–Crippen LogP) is 9.31. The van der Waals surface area contributed by atoms with Crippen molar-refractivity contribution in [3.05, 3.63) is 109 Å². The molecule has 0 radical (unpaired) electrons. The number of hydrogen-bond donors (Lipinski definition) is 5. The molecule has 0 aliphatic heterocycles. The smallest absolute Gasteiger partial charge is 0.462 e. The molecule has 0 aliphatic rings. The molecule has 322 valence electrons. The minimum Gasteiger partial charge on any atom is -0.462 e. The van der Waals surface area contributed by atoms with Gasteiger partial charge in [0.25, 0.3) is 0 Å². The highest BCUT2D eigenvalue weighted by atomic mass is 31.2. The van der Waals surface area contributed by atoms with Gasteiger partial charge >= 0.3 is 19.8 Å². The number of carbonyl (C=O) groups is 2. The Bertz CT molecular complexity index is 1340. The van der Waals surface area contributed by atoms with Crippen LogP contribution in [0.5, 0.6) is 0 Å². The molecule has 11 nitrogen and oxygen atoms in total. The van der Waals surface area contributed by atoms with Crippen molar-refractivity contribution < 1.29 is 53.3 Å². The molecule has 0 spiro atoms. The first-order valence-corrected chi connectivity index (χ1v) is 22.0. The average molecular weight is 819 g/mol. The Morgan fingerprint density at radius 2 is 1.16 bits per heavy atom. The quantitative estimate of drug-likeness (QED) is 0.0135. The fraction of sp³-hybridized carbons (Fsp3) is 0.556. The van der Waals surface area contributed by atoms with E-state index in [1.54, 1.807) is 42.5 Å². The number of unbranched alkanes of at least 4 members (excludes halogenated alkanes) is 5. The van der Waals surface area contributed by atoms with Gasteiger partial charge in [-0.1, -0.05) is 149 Å². The van der Waals surface area contributed by atoms with Crippen LogP contribution in [0.15, 0.2) is 109 Å². The van der Waals surface area contributed by atoms with Gasteiger partial charge in [-0.15, -0.1) is 0 Å². The first-order valence-electron chi connectivity index (χ1n) is 20.5. The van der Waals surface area contributed by atoms with Crippen LogP contribution in [-0.4, -0.2) is 74.7 Å². The van der Waals surface area contributed by atoms with E-state index in [9.17, 15) is 29.5 Å². The van der Waals surface area contributed by atoms with Gasteiger partial charge in [-0.25, -0.2) is 4.57 Å². The summed E-state index contributed by atoms with van der Waals surface area (Å²) in [5.41, 5.74) is 0. The lowest BCUT2D eigenvalue weighted by molar-refractivity contribution is -0.161. The maximum Gasteiger partial charge on any atom is 0.469 e. The van der Waals surface area contributed by atoms with E-state index < -0.39 is 57.4 Å². The molecular weight excluding hydrogens is 747 g/mol. The number of carbonyl (C=O) groups excluding carboxylic acids is 2. The lowest BCUT2D eigenvalue weighted by Gasteiger charge is -2.18.